The van der Waals surface area contributed by atoms with Gasteiger partial charge in [0.05, 0.1) is 0 Å². The largest absolute Gasteiger partial charge is 1.00 e. The molecule has 0 amide bonds. The first-order valence-electron chi connectivity index (χ1n) is 10.5. The van der Waals surface area contributed by atoms with E-state index in [0.29, 0.717) is 5.49 Å². The van der Waals surface area contributed by atoms with Crippen LogP contribution in [0.1, 0.15) is 0 Å². The van der Waals surface area contributed by atoms with Crippen LogP contribution < -0.4 is 24.8 Å². The molecular weight excluding hydrogens is 539 g/mol. The van der Waals surface area contributed by atoms with Crippen LogP contribution in [0.5, 0.6) is 0 Å². The van der Waals surface area contributed by atoms with Crippen molar-refractivity contribution < 1.29 is 48.0 Å². The van der Waals surface area contributed by atoms with E-state index >= 15 is 0 Å². The average Bonchev–Trinajstić information content (AvgIpc) is 3.02. The molecule has 0 aliphatic heterocycles. The fourth-order valence-electron chi connectivity index (χ4n) is 3.86. The van der Waals surface area contributed by atoms with Gasteiger partial charge in [0.15, 0.2) is 0 Å². The second kappa shape index (κ2) is 9.27. The van der Waals surface area contributed by atoms with E-state index in [9.17, 15) is 0 Å². The Morgan fingerprint density at radius 1 is 0.552 bits per heavy atom. The van der Waals surface area contributed by atoms with Gasteiger partial charge < -0.3 is 24.8 Å². The fraction of sp³-hybridized carbons (Fsp3) is 0.636. The van der Waals surface area contributed by atoms with E-state index in [2.05, 4.69) is 115 Å². The molecule has 7 heteroatoms. The molecule has 164 valence electrons. The third-order valence-electron chi connectivity index (χ3n) is 6.45. The minimum Gasteiger partial charge on any atom is -1.00 e. The van der Waals surface area contributed by atoms with Crippen molar-refractivity contribution in [1.29, 1.82) is 0 Å². The van der Waals surface area contributed by atoms with Gasteiger partial charge in [-0.25, -0.2) is 0 Å². The molecule has 0 saturated heterocycles. The third kappa shape index (κ3) is 6.21. The van der Waals surface area contributed by atoms with Crippen LogP contribution in [-0.4, -0.2) is 32.3 Å². The Kier molecular flexibility index (Phi) is 9.68. The summed E-state index contributed by atoms with van der Waals surface area (Å²) in [5.74, 6) is 0. The summed E-state index contributed by atoms with van der Waals surface area (Å²) in [6.45, 7) is 30.9. The van der Waals surface area contributed by atoms with Crippen LogP contribution in [-0.2, 0) is 23.2 Å². The maximum atomic E-state index is 2.83. The van der Waals surface area contributed by atoms with Gasteiger partial charge in [-0.15, -0.1) is 0 Å². The van der Waals surface area contributed by atoms with Crippen molar-refractivity contribution in [3.05, 3.63) is 46.8 Å². The van der Waals surface area contributed by atoms with Crippen LogP contribution in [0.25, 0.3) is 0 Å². The SMILES string of the molecule is C[Si](C)(C)C1=C[C]([Zr+2][C]2([Si](C)(C)C)C=CC([Si](C)(C)C)=C2)([Si](C)(C)C)C=C1.[Cl-].[Cl-]. The molecule has 0 aromatic carbocycles. The Balaban J connectivity index is 0.00000392. The summed E-state index contributed by atoms with van der Waals surface area (Å²) >= 11 is -0.774. The quantitative estimate of drug-likeness (QED) is 0.421. The van der Waals surface area contributed by atoms with Gasteiger partial charge in [0, 0.05) is 0 Å². The normalized spacial score (nSPS) is 27.0. The van der Waals surface area contributed by atoms with Crippen LogP contribution in [0, 0.1) is 0 Å². The van der Waals surface area contributed by atoms with E-state index in [1.54, 1.807) is 10.4 Å². The standard InChI is InChI=1S/2C11H21Si2.2ClH.Zr/c2*1-12(2,3)10-7-8-11(9-10)13(4,5)6;;;/h2*7-9H,1-6H3;2*1H;/q;;;;+2/p-2. The van der Waals surface area contributed by atoms with E-state index in [1.807, 2.05) is 0 Å². The van der Waals surface area contributed by atoms with Crippen molar-refractivity contribution in [3.8, 4) is 0 Å². The first kappa shape index (κ1) is 30.3. The van der Waals surface area contributed by atoms with Crippen LogP contribution >= 0.6 is 0 Å². The maximum Gasteiger partial charge on any atom is -1.00 e. The molecule has 0 heterocycles. The molecular formula is C22H42Cl2Si4Zr. The van der Waals surface area contributed by atoms with Crippen LogP contribution in [0.2, 0.25) is 84.1 Å². The fourth-order valence-corrected chi connectivity index (χ4v) is 22.8. The zero-order chi connectivity index (χ0) is 21.1. The Morgan fingerprint density at radius 3 is 1.00 bits per heavy atom. The topological polar surface area (TPSA) is 0 Å². The first-order valence-corrected chi connectivity index (χ1v) is 26.9. The van der Waals surface area contributed by atoms with Crippen LogP contribution in [0.4, 0.5) is 0 Å². The van der Waals surface area contributed by atoms with E-state index in [4.69, 9.17) is 0 Å². The van der Waals surface area contributed by atoms with E-state index in [0.717, 1.165) is 0 Å². The Hall–Kier alpha value is 1.29. The minimum absolute atomic E-state index is 0. The van der Waals surface area contributed by atoms with Crippen molar-refractivity contribution in [2.75, 3.05) is 0 Å². The van der Waals surface area contributed by atoms with Gasteiger partial charge >= 0.3 is 186 Å². The molecule has 2 rings (SSSR count). The Bertz CT molecular complexity index is 666. The monoisotopic (exact) mass is 578 g/mol. The molecule has 29 heavy (non-hydrogen) atoms. The predicted molar refractivity (Wildman–Crippen MR) is 133 cm³/mol. The molecule has 0 spiro atoms. The van der Waals surface area contributed by atoms with Crippen molar-refractivity contribution in [3.63, 3.8) is 0 Å². The second-order valence-electron chi connectivity index (χ2n) is 12.7. The number of halogens is 2. The van der Waals surface area contributed by atoms with Crippen LogP contribution in [0.15, 0.2) is 46.8 Å². The van der Waals surface area contributed by atoms with Crippen molar-refractivity contribution in [2.45, 2.75) is 84.1 Å². The number of hydrogen-bond acceptors (Lipinski definition) is 0. The third-order valence-corrected chi connectivity index (χ3v) is 32.2. The molecule has 2 aliphatic rings. The number of hydrogen-bond donors (Lipinski definition) is 0. The van der Waals surface area contributed by atoms with E-state index < -0.39 is 55.5 Å². The molecule has 2 atom stereocenters. The molecule has 2 aliphatic carbocycles. The number of allylic oxidation sites excluding steroid dienone is 8. The van der Waals surface area contributed by atoms with Gasteiger partial charge in [0.25, 0.3) is 0 Å². The average molecular weight is 581 g/mol. The van der Waals surface area contributed by atoms with Crippen LogP contribution in [0.3, 0.4) is 0 Å². The summed E-state index contributed by atoms with van der Waals surface area (Å²) in [6, 6.07) is 0. The van der Waals surface area contributed by atoms with Crippen molar-refractivity contribution in [2.24, 2.45) is 0 Å². The van der Waals surface area contributed by atoms with E-state index in [-0.39, 0.29) is 24.8 Å². The molecule has 0 fully saturated rings. The summed E-state index contributed by atoms with van der Waals surface area (Å²) in [6.07, 6.45) is 16.2. The van der Waals surface area contributed by atoms with Gasteiger partial charge in [-0.05, 0) is 0 Å². The van der Waals surface area contributed by atoms with Gasteiger partial charge in [-0.2, -0.15) is 0 Å². The van der Waals surface area contributed by atoms with Gasteiger partial charge in [0.2, 0.25) is 0 Å². The van der Waals surface area contributed by atoms with Gasteiger partial charge in [-0.1, -0.05) is 0 Å². The molecule has 0 aromatic heterocycles. The summed E-state index contributed by atoms with van der Waals surface area (Å²) in [5.41, 5.74) is 0. The smallest absolute Gasteiger partial charge is 1.00 e. The molecule has 0 saturated carbocycles. The predicted octanol–water partition coefficient (Wildman–Crippen LogP) is 1.90. The summed E-state index contributed by atoms with van der Waals surface area (Å²) in [7, 11) is -5.21. The first-order chi connectivity index (χ1) is 11.8. The molecule has 0 N–H and O–H groups in total. The summed E-state index contributed by atoms with van der Waals surface area (Å²) < 4.78 is 0.921. The molecule has 0 bridgehead atoms. The summed E-state index contributed by atoms with van der Waals surface area (Å²) in [5, 5.41) is 3.43. The second-order valence-corrected chi connectivity index (χ2v) is 40.7. The maximum absolute atomic E-state index is 2.83. The van der Waals surface area contributed by atoms with Gasteiger partial charge in [0.1, 0.15) is 0 Å². The van der Waals surface area contributed by atoms with Crippen molar-refractivity contribution in [1.82, 2.24) is 0 Å². The Labute approximate surface area is 209 Å². The van der Waals surface area contributed by atoms with E-state index in [1.165, 1.54) is 0 Å². The molecule has 2 unspecified atom stereocenters. The zero-order valence-corrected chi connectivity index (χ0v) is 28.7. The molecule has 0 aromatic rings. The molecule has 0 nitrogen and oxygen atoms in total. The Morgan fingerprint density at radius 2 is 0.828 bits per heavy atom. The zero-order valence-electron chi connectivity index (χ0n) is 20.7. The van der Waals surface area contributed by atoms with Crippen molar-refractivity contribution >= 4 is 32.3 Å². The van der Waals surface area contributed by atoms with Gasteiger partial charge in [-0.3, -0.25) is 0 Å². The summed E-state index contributed by atoms with van der Waals surface area (Å²) in [4.78, 5) is 0. The minimum atomic E-state index is -1.35. The molecule has 0 radical (unpaired) electrons. The number of rotatable bonds is 6.